The number of pyridine rings is 1. The van der Waals surface area contributed by atoms with Crippen LogP contribution in [0.15, 0.2) is 54.7 Å². The topological polar surface area (TPSA) is 107 Å². The summed E-state index contributed by atoms with van der Waals surface area (Å²) in [6, 6.07) is 14.5. The molecule has 0 saturated carbocycles. The molecule has 36 heavy (non-hydrogen) atoms. The molecule has 10 heteroatoms. The molecule has 0 atom stereocenters. The normalized spacial score (nSPS) is 11.2. The fourth-order valence-electron chi connectivity index (χ4n) is 3.44. The summed E-state index contributed by atoms with van der Waals surface area (Å²) in [7, 11) is 0. The molecule has 0 spiro atoms. The molecule has 0 unspecified atom stereocenters. The largest absolute Gasteiger partial charge is 0.486 e. The third-order valence-electron chi connectivity index (χ3n) is 4.93. The number of fused-ring (bicyclic) bond motifs is 1. The van der Waals surface area contributed by atoms with E-state index in [1.807, 2.05) is 6.07 Å². The van der Waals surface area contributed by atoms with Gasteiger partial charge in [-0.15, -0.1) is 4.68 Å². The number of benzene rings is 2. The zero-order chi connectivity index (χ0) is 26.0. The predicted octanol–water partition coefficient (Wildman–Crippen LogP) is 6.20. The fourth-order valence-corrected chi connectivity index (χ4v) is 3.85. The molecule has 0 radical (unpaired) electrons. The molecule has 0 bridgehead atoms. The maximum absolute atomic E-state index is 13.3. The highest BCUT2D eigenvalue weighted by Crippen LogP contribution is 2.28. The fraction of sp³-hybridized carbons (Fsp3) is 0.192. The molecule has 4 rings (SSSR count). The molecule has 182 valence electrons. The molecular formula is C26H20Cl2N4O4. The van der Waals surface area contributed by atoms with Crippen molar-refractivity contribution in [3.05, 3.63) is 87.2 Å². The van der Waals surface area contributed by atoms with Gasteiger partial charge in [-0.3, -0.25) is 4.79 Å². The van der Waals surface area contributed by atoms with Crippen molar-refractivity contribution in [2.75, 3.05) is 0 Å². The van der Waals surface area contributed by atoms with Crippen molar-refractivity contribution >= 4 is 46.1 Å². The van der Waals surface area contributed by atoms with Crippen LogP contribution >= 0.6 is 23.2 Å². The Kier molecular flexibility index (Phi) is 6.97. The van der Waals surface area contributed by atoms with Crippen LogP contribution < -0.4 is 4.74 Å². The molecule has 0 aliphatic carbocycles. The molecule has 0 fully saturated rings. The number of aromatic nitrogens is 3. The summed E-state index contributed by atoms with van der Waals surface area (Å²) in [6.07, 6.45) is 0.875. The zero-order valence-corrected chi connectivity index (χ0v) is 21.1. The van der Waals surface area contributed by atoms with Crippen LogP contribution in [0.4, 0.5) is 4.79 Å². The maximum atomic E-state index is 13.3. The van der Waals surface area contributed by atoms with Crippen molar-refractivity contribution in [2.45, 2.75) is 33.0 Å². The number of ether oxygens (including phenoxy) is 2. The first-order valence-corrected chi connectivity index (χ1v) is 11.5. The van der Waals surface area contributed by atoms with Crippen molar-refractivity contribution < 1.29 is 19.1 Å². The Labute approximate surface area is 217 Å². The first kappa shape index (κ1) is 25.2. The first-order chi connectivity index (χ1) is 17.1. The van der Waals surface area contributed by atoms with Gasteiger partial charge in [-0.2, -0.15) is 10.4 Å². The Morgan fingerprint density at radius 1 is 1.08 bits per heavy atom. The molecule has 0 saturated heterocycles. The molecule has 0 N–H and O–H groups in total. The highest BCUT2D eigenvalue weighted by Gasteiger charge is 2.24. The van der Waals surface area contributed by atoms with Crippen molar-refractivity contribution in [2.24, 2.45) is 0 Å². The van der Waals surface area contributed by atoms with Crippen LogP contribution in [0.3, 0.4) is 0 Å². The van der Waals surface area contributed by atoms with E-state index in [9.17, 15) is 14.9 Å². The third-order valence-corrected chi connectivity index (χ3v) is 5.38. The summed E-state index contributed by atoms with van der Waals surface area (Å²) < 4.78 is 12.5. The Balaban J connectivity index is 1.67. The number of halogens is 2. The van der Waals surface area contributed by atoms with Crippen molar-refractivity contribution in [1.29, 1.82) is 5.26 Å². The Morgan fingerprint density at radius 2 is 1.86 bits per heavy atom. The van der Waals surface area contributed by atoms with Crippen LogP contribution in [0.2, 0.25) is 10.0 Å². The quantitative estimate of drug-likeness (QED) is 0.287. The number of rotatable bonds is 5. The number of carbonyl (C=O) groups is 2. The van der Waals surface area contributed by atoms with Gasteiger partial charge in [0.25, 0.3) is 0 Å². The molecule has 0 aliphatic rings. The second kappa shape index (κ2) is 9.97. The number of hydrogen-bond donors (Lipinski definition) is 0. The van der Waals surface area contributed by atoms with Gasteiger partial charge in [-0.05, 0) is 69.3 Å². The minimum atomic E-state index is -0.717. The minimum Gasteiger partial charge on any atom is -0.486 e. The van der Waals surface area contributed by atoms with Gasteiger partial charge in [0.15, 0.2) is 11.4 Å². The summed E-state index contributed by atoms with van der Waals surface area (Å²) in [4.78, 5) is 30.2. The Morgan fingerprint density at radius 3 is 2.58 bits per heavy atom. The predicted molar refractivity (Wildman–Crippen MR) is 135 cm³/mol. The smallest absolute Gasteiger partial charge is 0.437 e. The lowest BCUT2D eigenvalue weighted by molar-refractivity contribution is 0.0520. The van der Waals surface area contributed by atoms with Crippen LogP contribution in [0.5, 0.6) is 5.75 Å². The van der Waals surface area contributed by atoms with Gasteiger partial charge in [-0.25, -0.2) is 9.78 Å². The molecule has 0 amide bonds. The number of carbonyl (C=O) groups excluding carboxylic acids is 2. The van der Waals surface area contributed by atoms with Gasteiger partial charge >= 0.3 is 6.09 Å². The number of nitrogens with zero attached hydrogens (tertiary/aromatic N) is 4. The zero-order valence-electron chi connectivity index (χ0n) is 19.6. The SMILES string of the molecule is CC(C)(C)OC(=O)n1nc(COc2ccc(Cl)cc2C(=O)c2cc(Cl)cc(C#N)c2)c2cccnc21. The van der Waals surface area contributed by atoms with Crippen molar-refractivity contribution in [1.82, 2.24) is 14.8 Å². The number of hydrogen-bond acceptors (Lipinski definition) is 7. The lowest BCUT2D eigenvalue weighted by atomic mass is 10.0. The molecular weight excluding hydrogens is 503 g/mol. The van der Waals surface area contributed by atoms with E-state index in [1.165, 1.54) is 24.3 Å². The maximum Gasteiger partial charge on any atom is 0.437 e. The van der Waals surface area contributed by atoms with Gasteiger partial charge in [0, 0.05) is 27.2 Å². The summed E-state index contributed by atoms with van der Waals surface area (Å²) in [5, 5.41) is 14.8. The molecule has 4 aromatic rings. The van der Waals surface area contributed by atoms with E-state index >= 15 is 0 Å². The van der Waals surface area contributed by atoms with Gasteiger partial charge in [-0.1, -0.05) is 23.2 Å². The second-order valence-corrected chi connectivity index (χ2v) is 9.68. The minimum absolute atomic E-state index is 0.0705. The van der Waals surface area contributed by atoms with E-state index in [1.54, 1.807) is 51.2 Å². The highest BCUT2D eigenvalue weighted by molar-refractivity contribution is 6.32. The Hall–Kier alpha value is -3.93. The first-order valence-electron chi connectivity index (χ1n) is 10.8. The summed E-state index contributed by atoms with van der Waals surface area (Å²) >= 11 is 12.2. The number of ketones is 1. The molecule has 2 heterocycles. The van der Waals surface area contributed by atoms with Crippen LogP contribution in [-0.2, 0) is 11.3 Å². The van der Waals surface area contributed by atoms with E-state index in [2.05, 4.69) is 10.1 Å². The summed E-state index contributed by atoms with van der Waals surface area (Å²) in [5.74, 6) is -0.177. The standard InChI is InChI=1S/C26H20Cl2N4O4/c1-26(2,3)36-25(34)32-24-19(5-4-8-30-24)21(31-32)14-35-22-7-6-17(27)12-20(22)23(33)16-9-15(13-29)10-18(28)11-16/h4-12H,14H2,1-3H3. The third kappa shape index (κ3) is 5.48. The van der Waals surface area contributed by atoms with Gasteiger partial charge in [0.1, 0.15) is 23.7 Å². The van der Waals surface area contributed by atoms with Crippen molar-refractivity contribution in [3.8, 4) is 11.8 Å². The van der Waals surface area contributed by atoms with Gasteiger partial charge in [0.2, 0.25) is 0 Å². The molecule has 2 aromatic heterocycles. The van der Waals surface area contributed by atoms with E-state index in [4.69, 9.17) is 32.7 Å². The van der Waals surface area contributed by atoms with Gasteiger partial charge in [0.05, 0.1) is 17.2 Å². The monoisotopic (exact) mass is 522 g/mol. The molecule has 0 aliphatic heterocycles. The average Bonchev–Trinajstić information content (AvgIpc) is 3.20. The lowest BCUT2D eigenvalue weighted by Crippen LogP contribution is -2.28. The van der Waals surface area contributed by atoms with Crippen LogP contribution in [-0.4, -0.2) is 32.2 Å². The van der Waals surface area contributed by atoms with Gasteiger partial charge < -0.3 is 9.47 Å². The van der Waals surface area contributed by atoms with Crippen LogP contribution in [0, 0.1) is 11.3 Å². The molecule has 2 aromatic carbocycles. The average molecular weight is 523 g/mol. The lowest BCUT2D eigenvalue weighted by Gasteiger charge is -2.18. The van der Waals surface area contributed by atoms with E-state index in [-0.39, 0.29) is 34.1 Å². The van der Waals surface area contributed by atoms with E-state index in [0.717, 1.165) is 4.68 Å². The van der Waals surface area contributed by atoms with E-state index in [0.29, 0.717) is 21.7 Å². The number of nitriles is 1. The highest BCUT2D eigenvalue weighted by atomic mass is 35.5. The van der Waals surface area contributed by atoms with Crippen LogP contribution in [0.1, 0.15) is 48.0 Å². The molecule has 8 nitrogen and oxygen atoms in total. The summed E-state index contributed by atoms with van der Waals surface area (Å²) in [6.45, 7) is 5.20. The van der Waals surface area contributed by atoms with Crippen molar-refractivity contribution in [3.63, 3.8) is 0 Å². The van der Waals surface area contributed by atoms with E-state index < -0.39 is 17.5 Å². The van der Waals surface area contributed by atoms with Crippen LogP contribution in [0.25, 0.3) is 11.0 Å². The Bertz CT molecular complexity index is 1530. The second-order valence-electron chi connectivity index (χ2n) is 8.81. The summed E-state index contributed by atoms with van der Waals surface area (Å²) in [5.41, 5.74) is 0.678.